The number of carbonyl (C=O) groups is 1. The van der Waals surface area contributed by atoms with Gasteiger partial charge >= 0.3 is 0 Å². The summed E-state index contributed by atoms with van der Waals surface area (Å²) in [7, 11) is 0. The van der Waals surface area contributed by atoms with E-state index in [0.717, 1.165) is 13.0 Å². The smallest absolute Gasteiger partial charge is 0.260 e. The Balaban J connectivity index is 1.91. The summed E-state index contributed by atoms with van der Waals surface area (Å²) in [5.41, 5.74) is 0.445. The van der Waals surface area contributed by atoms with Crippen molar-refractivity contribution in [1.29, 1.82) is 0 Å². The Labute approximate surface area is 173 Å². The molecule has 28 heavy (non-hydrogen) atoms. The van der Waals surface area contributed by atoms with Gasteiger partial charge in [0.15, 0.2) is 17.2 Å². The highest BCUT2D eigenvalue weighted by atomic mass is 79.9. The quantitative estimate of drug-likeness (QED) is 0.304. The maximum atomic E-state index is 15.3. The second-order valence-electron chi connectivity index (χ2n) is 6.38. The Morgan fingerprint density at radius 3 is 2.86 bits per heavy atom. The number of para-hydroxylation sites is 1. The van der Waals surface area contributed by atoms with Gasteiger partial charge in [0.05, 0.1) is 15.4 Å². The Morgan fingerprint density at radius 2 is 2.21 bits per heavy atom. The fourth-order valence-corrected chi connectivity index (χ4v) is 3.85. The molecule has 1 aromatic carbocycles. The first-order valence-corrected chi connectivity index (χ1v) is 10.6. The van der Waals surface area contributed by atoms with Crippen LogP contribution < -0.4 is 9.64 Å². The van der Waals surface area contributed by atoms with Gasteiger partial charge in [-0.2, -0.15) is 9.37 Å². The fraction of sp³-hybridized carbons (Fsp3) is 0.263. The lowest BCUT2D eigenvalue weighted by atomic mass is 10.0. The molecule has 1 aliphatic heterocycles. The van der Waals surface area contributed by atoms with Crippen molar-refractivity contribution >= 4 is 50.7 Å². The van der Waals surface area contributed by atoms with E-state index in [1.165, 1.54) is 11.8 Å². The molecule has 0 aliphatic carbocycles. The molecule has 0 bridgehead atoms. The van der Waals surface area contributed by atoms with Gasteiger partial charge in [0.2, 0.25) is 5.82 Å². The van der Waals surface area contributed by atoms with Gasteiger partial charge in [-0.15, -0.1) is 0 Å². The third-order valence-electron chi connectivity index (χ3n) is 4.71. The van der Waals surface area contributed by atoms with Crippen molar-refractivity contribution in [3.05, 3.63) is 40.2 Å². The highest BCUT2D eigenvalue weighted by molar-refractivity contribution is 9.10. The Hall–Kier alpha value is -2.26. The van der Waals surface area contributed by atoms with Gasteiger partial charge in [0, 0.05) is 18.8 Å². The summed E-state index contributed by atoms with van der Waals surface area (Å²) in [6.07, 6.45) is 5.11. The number of rotatable bonds is 5. The van der Waals surface area contributed by atoms with E-state index in [1.54, 1.807) is 24.4 Å². The van der Waals surface area contributed by atoms with Crippen LogP contribution in [-0.4, -0.2) is 40.1 Å². The summed E-state index contributed by atoms with van der Waals surface area (Å²) >= 11 is 4.68. The maximum absolute atomic E-state index is 15.3. The van der Waals surface area contributed by atoms with Gasteiger partial charge in [-0.25, -0.2) is 9.97 Å². The Bertz CT molecular complexity index is 1080. The molecule has 2 aromatic heterocycles. The third kappa shape index (κ3) is 3.22. The van der Waals surface area contributed by atoms with Gasteiger partial charge in [0.25, 0.3) is 5.88 Å². The SMILES string of the molecule is CSc1ncc2c(N3CC[C@@H]3C)nc(Oc3c(Br)cccc3C=O)c(F)c2n1. The first-order valence-electron chi connectivity index (χ1n) is 8.62. The zero-order chi connectivity index (χ0) is 19.8. The number of benzene rings is 1. The number of nitrogens with zero attached hydrogens (tertiary/aromatic N) is 4. The zero-order valence-corrected chi connectivity index (χ0v) is 17.6. The first-order chi connectivity index (χ1) is 13.5. The van der Waals surface area contributed by atoms with E-state index in [-0.39, 0.29) is 23.2 Å². The largest absolute Gasteiger partial charge is 0.434 e. The second-order valence-corrected chi connectivity index (χ2v) is 8.01. The molecule has 144 valence electrons. The minimum Gasteiger partial charge on any atom is -0.434 e. The second kappa shape index (κ2) is 7.63. The van der Waals surface area contributed by atoms with Crippen LogP contribution >= 0.6 is 27.7 Å². The van der Waals surface area contributed by atoms with Crippen LogP contribution in [-0.2, 0) is 0 Å². The number of pyridine rings is 1. The van der Waals surface area contributed by atoms with Gasteiger partial charge in [-0.1, -0.05) is 17.8 Å². The normalized spacial score (nSPS) is 16.1. The molecule has 0 radical (unpaired) electrons. The fourth-order valence-electron chi connectivity index (χ4n) is 3.04. The van der Waals surface area contributed by atoms with Crippen LogP contribution in [0.3, 0.4) is 0 Å². The summed E-state index contributed by atoms with van der Waals surface area (Å²) in [6.45, 7) is 2.89. The van der Waals surface area contributed by atoms with Crippen molar-refractivity contribution < 1.29 is 13.9 Å². The summed E-state index contributed by atoms with van der Waals surface area (Å²) in [5, 5.41) is 0.998. The monoisotopic (exact) mass is 462 g/mol. The van der Waals surface area contributed by atoms with Crippen LogP contribution in [0.1, 0.15) is 23.7 Å². The summed E-state index contributed by atoms with van der Waals surface area (Å²) < 4.78 is 21.6. The van der Waals surface area contributed by atoms with Crippen LogP contribution in [0.25, 0.3) is 10.9 Å². The predicted octanol–water partition coefficient (Wildman–Crippen LogP) is 4.85. The van der Waals surface area contributed by atoms with Crippen LogP contribution in [0.15, 0.2) is 34.0 Å². The van der Waals surface area contributed by atoms with Gasteiger partial charge in [0.1, 0.15) is 11.3 Å². The van der Waals surface area contributed by atoms with E-state index in [4.69, 9.17) is 4.74 Å². The minimum atomic E-state index is -0.683. The van der Waals surface area contributed by atoms with Gasteiger partial charge in [-0.05, 0) is 47.7 Å². The van der Waals surface area contributed by atoms with Gasteiger partial charge < -0.3 is 9.64 Å². The molecule has 0 N–H and O–H groups in total. The van der Waals surface area contributed by atoms with Crippen LogP contribution in [0.4, 0.5) is 10.2 Å². The average Bonchev–Trinajstić information content (AvgIpc) is 2.71. The molecule has 6 nitrogen and oxygen atoms in total. The minimum absolute atomic E-state index is 0.151. The lowest BCUT2D eigenvalue weighted by Crippen LogP contribution is -2.46. The number of aldehydes is 1. The number of aromatic nitrogens is 3. The highest BCUT2D eigenvalue weighted by Crippen LogP contribution is 2.39. The van der Waals surface area contributed by atoms with Crippen molar-refractivity contribution in [1.82, 2.24) is 15.0 Å². The topological polar surface area (TPSA) is 68.2 Å². The summed E-state index contributed by atoms with van der Waals surface area (Å²) in [4.78, 5) is 26.5. The molecule has 3 heterocycles. The molecule has 0 spiro atoms. The molecule has 1 fully saturated rings. The van der Waals surface area contributed by atoms with Crippen molar-refractivity contribution in [2.24, 2.45) is 0 Å². The van der Waals surface area contributed by atoms with Gasteiger partial charge in [-0.3, -0.25) is 4.79 Å². The van der Waals surface area contributed by atoms with Crippen molar-refractivity contribution in [3.8, 4) is 11.6 Å². The Morgan fingerprint density at radius 1 is 1.39 bits per heavy atom. The molecule has 0 amide bonds. The number of anilines is 1. The lowest BCUT2D eigenvalue weighted by Gasteiger charge is -2.40. The van der Waals surface area contributed by atoms with Crippen LogP contribution in [0.2, 0.25) is 0 Å². The van der Waals surface area contributed by atoms with E-state index < -0.39 is 5.82 Å². The zero-order valence-electron chi connectivity index (χ0n) is 15.1. The number of halogens is 2. The van der Waals surface area contributed by atoms with E-state index in [2.05, 4.69) is 42.7 Å². The number of ether oxygens (including phenoxy) is 1. The highest BCUT2D eigenvalue weighted by Gasteiger charge is 2.30. The molecule has 4 rings (SSSR count). The van der Waals surface area contributed by atoms with E-state index in [0.29, 0.717) is 32.7 Å². The molecule has 9 heteroatoms. The number of thioether (sulfide) groups is 1. The maximum Gasteiger partial charge on any atom is 0.260 e. The summed E-state index contributed by atoms with van der Waals surface area (Å²) in [6, 6.07) is 5.30. The first kappa shape index (κ1) is 19.1. The van der Waals surface area contributed by atoms with Crippen LogP contribution in [0.5, 0.6) is 11.6 Å². The molecule has 0 unspecified atom stereocenters. The molecule has 1 saturated heterocycles. The average molecular weight is 463 g/mol. The number of hydrogen-bond acceptors (Lipinski definition) is 7. The molecule has 0 saturated carbocycles. The third-order valence-corrected chi connectivity index (χ3v) is 5.89. The molecule has 1 aliphatic rings. The molecular weight excluding hydrogens is 447 g/mol. The molecule has 3 aromatic rings. The molecule has 1 atom stereocenters. The lowest BCUT2D eigenvalue weighted by molar-refractivity contribution is 0.112. The van der Waals surface area contributed by atoms with Crippen molar-refractivity contribution in [2.45, 2.75) is 24.5 Å². The Kier molecular flexibility index (Phi) is 5.20. The van der Waals surface area contributed by atoms with E-state index in [1.807, 2.05) is 6.26 Å². The summed E-state index contributed by atoms with van der Waals surface area (Å²) in [5.74, 6) is -0.109. The number of fused-ring (bicyclic) bond motifs is 1. The molecular formula is C19H16BrFN4O2S. The van der Waals surface area contributed by atoms with Crippen molar-refractivity contribution in [2.75, 3.05) is 17.7 Å². The predicted molar refractivity (Wildman–Crippen MR) is 110 cm³/mol. The van der Waals surface area contributed by atoms with Crippen LogP contribution in [0, 0.1) is 5.82 Å². The van der Waals surface area contributed by atoms with E-state index >= 15 is 4.39 Å². The standard InChI is InChI=1S/C19H16BrFN4O2S/c1-10-6-7-25(10)17-12-8-22-19(28-2)23-15(12)14(21)18(24-17)27-16-11(9-26)4-3-5-13(16)20/h3-5,8-10H,6-7H2,1-2H3/t10-/m0/s1. The number of carbonyl (C=O) groups excluding carboxylic acids is 1. The van der Waals surface area contributed by atoms with Crippen molar-refractivity contribution in [3.63, 3.8) is 0 Å². The number of hydrogen-bond donors (Lipinski definition) is 0. The van der Waals surface area contributed by atoms with E-state index in [9.17, 15) is 4.79 Å².